The van der Waals surface area contributed by atoms with E-state index in [0.717, 1.165) is 5.56 Å². The minimum absolute atomic E-state index is 0.205. The maximum atomic E-state index is 12.3. The van der Waals surface area contributed by atoms with Gasteiger partial charge in [-0.1, -0.05) is 6.07 Å². The highest BCUT2D eigenvalue weighted by atomic mass is 32.2. The van der Waals surface area contributed by atoms with E-state index >= 15 is 0 Å². The molecule has 2 aromatic rings. The van der Waals surface area contributed by atoms with Gasteiger partial charge in [0.05, 0.1) is 11.5 Å². The van der Waals surface area contributed by atoms with Crippen LogP contribution in [0.15, 0.2) is 34.8 Å². The number of rotatable bonds is 6. The second kappa shape index (κ2) is 6.45. The fourth-order valence-electron chi connectivity index (χ4n) is 1.91. The lowest BCUT2D eigenvalue weighted by atomic mass is 10.2. The quantitative estimate of drug-likeness (QED) is 0.846. The topological polar surface area (TPSA) is 79.3 Å². The molecule has 0 unspecified atom stereocenters. The number of thiophene rings is 1. The fraction of sp³-hybridized carbons (Fsp3) is 0.308. The molecule has 0 bridgehead atoms. The fourth-order valence-corrected chi connectivity index (χ4v) is 4.59. The zero-order chi connectivity index (χ0) is 14.6. The molecule has 0 aliphatic rings. The largest absolute Gasteiger partial charge is 0.391 e. The third kappa shape index (κ3) is 3.43. The molecule has 2 N–H and O–H groups in total. The van der Waals surface area contributed by atoms with Crippen LogP contribution in [0.5, 0.6) is 0 Å². The number of aliphatic hydroxyl groups excluding tert-OH is 1. The van der Waals surface area contributed by atoms with Crippen molar-refractivity contribution < 1.29 is 13.5 Å². The van der Waals surface area contributed by atoms with Crippen LogP contribution in [0.3, 0.4) is 0 Å². The molecule has 0 saturated heterocycles. The molecule has 0 radical (unpaired) electrons. The third-order valence-electron chi connectivity index (χ3n) is 2.83. The van der Waals surface area contributed by atoms with Gasteiger partial charge in [-0.05, 0) is 35.9 Å². The van der Waals surface area contributed by atoms with Gasteiger partial charge in [-0.3, -0.25) is 4.98 Å². The molecule has 20 heavy (non-hydrogen) atoms. The van der Waals surface area contributed by atoms with Crippen LogP contribution in [0.4, 0.5) is 0 Å². The van der Waals surface area contributed by atoms with E-state index < -0.39 is 10.0 Å². The van der Waals surface area contributed by atoms with Crippen molar-refractivity contribution in [2.45, 2.75) is 24.8 Å². The second-order valence-corrected chi connectivity index (χ2v) is 7.01. The van der Waals surface area contributed by atoms with Crippen LogP contribution in [0.2, 0.25) is 0 Å². The molecule has 7 heteroatoms. The molecule has 2 heterocycles. The molecule has 0 fully saturated rings. The number of hydrogen-bond acceptors (Lipinski definition) is 5. The van der Waals surface area contributed by atoms with Crippen LogP contribution in [0.25, 0.3) is 0 Å². The summed E-state index contributed by atoms with van der Waals surface area (Å²) in [5.41, 5.74) is 1.63. The Morgan fingerprint density at radius 2 is 2.25 bits per heavy atom. The molecule has 0 aromatic carbocycles. The van der Waals surface area contributed by atoms with Crippen LogP contribution in [-0.2, 0) is 23.1 Å². The maximum Gasteiger partial charge on any atom is 0.242 e. The maximum absolute atomic E-state index is 12.3. The lowest BCUT2D eigenvalue weighted by Crippen LogP contribution is -2.27. The van der Waals surface area contributed by atoms with E-state index in [1.165, 1.54) is 11.3 Å². The van der Waals surface area contributed by atoms with Gasteiger partial charge >= 0.3 is 0 Å². The van der Waals surface area contributed by atoms with Gasteiger partial charge in [0.2, 0.25) is 10.0 Å². The Labute approximate surface area is 122 Å². The van der Waals surface area contributed by atoms with Crippen LogP contribution in [0, 0.1) is 6.92 Å². The van der Waals surface area contributed by atoms with Gasteiger partial charge in [-0.25, -0.2) is 13.1 Å². The van der Waals surface area contributed by atoms with Crippen LogP contribution in [-0.4, -0.2) is 25.1 Å². The first-order valence-corrected chi connectivity index (χ1v) is 8.47. The Bertz CT molecular complexity index is 666. The smallest absolute Gasteiger partial charge is 0.242 e. The molecule has 5 nitrogen and oxygen atoms in total. The molecule has 0 aliphatic carbocycles. The third-order valence-corrected chi connectivity index (χ3v) is 5.74. The van der Waals surface area contributed by atoms with E-state index in [4.69, 9.17) is 0 Å². The summed E-state index contributed by atoms with van der Waals surface area (Å²) in [5.74, 6) is 0. The number of nitrogens with one attached hydrogen (secondary N) is 1. The number of pyridine rings is 1. The van der Waals surface area contributed by atoms with Crippen molar-refractivity contribution >= 4 is 21.4 Å². The van der Waals surface area contributed by atoms with E-state index in [1.807, 2.05) is 12.1 Å². The Balaban J connectivity index is 2.06. The first-order valence-electron chi connectivity index (χ1n) is 6.11. The molecule has 2 rings (SSSR count). The van der Waals surface area contributed by atoms with Crippen LogP contribution in [0.1, 0.15) is 16.0 Å². The minimum atomic E-state index is -3.58. The number of sulfonamides is 1. The number of aromatic nitrogens is 1. The van der Waals surface area contributed by atoms with Crippen molar-refractivity contribution in [3.63, 3.8) is 0 Å². The SMILES string of the molecule is Cc1csc(CO)c1S(=O)(=O)NCCc1cccnc1. The van der Waals surface area contributed by atoms with Crippen molar-refractivity contribution in [1.29, 1.82) is 0 Å². The molecule has 0 spiro atoms. The molecule has 108 valence electrons. The van der Waals surface area contributed by atoms with Crippen molar-refractivity contribution in [3.8, 4) is 0 Å². The minimum Gasteiger partial charge on any atom is -0.391 e. The van der Waals surface area contributed by atoms with Gasteiger partial charge in [-0.15, -0.1) is 11.3 Å². The summed E-state index contributed by atoms with van der Waals surface area (Å²) in [4.78, 5) is 4.66. The van der Waals surface area contributed by atoms with Crippen molar-refractivity contribution in [3.05, 3.63) is 45.9 Å². The van der Waals surface area contributed by atoms with Crippen molar-refractivity contribution in [1.82, 2.24) is 9.71 Å². The first kappa shape index (κ1) is 15.1. The average molecular weight is 312 g/mol. The second-order valence-electron chi connectivity index (χ2n) is 4.34. The van der Waals surface area contributed by atoms with E-state index in [-0.39, 0.29) is 11.5 Å². The molecule has 0 atom stereocenters. The zero-order valence-electron chi connectivity index (χ0n) is 11.0. The number of aryl methyl sites for hydroxylation is 1. The Kier molecular flexibility index (Phi) is 4.87. The number of aliphatic hydroxyl groups is 1. The summed E-state index contributed by atoms with van der Waals surface area (Å²) in [7, 11) is -3.58. The predicted octanol–water partition coefficient (Wildman–Crippen LogP) is 1.46. The zero-order valence-corrected chi connectivity index (χ0v) is 12.7. The van der Waals surface area contributed by atoms with E-state index in [9.17, 15) is 13.5 Å². The molecular formula is C13H16N2O3S2. The van der Waals surface area contributed by atoms with Crippen LogP contribution < -0.4 is 4.72 Å². The summed E-state index contributed by atoms with van der Waals surface area (Å²) in [5, 5.41) is 10.9. The highest BCUT2D eigenvalue weighted by Gasteiger charge is 2.22. The van der Waals surface area contributed by atoms with Gasteiger partial charge in [0.25, 0.3) is 0 Å². The predicted molar refractivity (Wildman–Crippen MR) is 78.1 cm³/mol. The highest BCUT2D eigenvalue weighted by Crippen LogP contribution is 2.26. The van der Waals surface area contributed by atoms with E-state index in [2.05, 4.69) is 9.71 Å². The molecule has 0 aliphatic heterocycles. The first-order chi connectivity index (χ1) is 9.54. The number of hydrogen-bond donors (Lipinski definition) is 2. The summed E-state index contributed by atoms with van der Waals surface area (Å²) in [6.45, 7) is 1.76. The van der Waals surface area contributed by atoms with E-state index in [1.54, 1.807) is 24.7 Å². The molecule has 0 amide bonds. The summed E-state index contributed by atoms with van der Waals surface area (Å²) >= 11 is 1.25. The Morgan fingerprint density at radius 3 is 2.90 bits per heavy atom. The molecule has 0 saturated carbocycles. The number of nitrogens with zero attached hydrogens (tertiary/aromatic N) is 1. The lowest BCUT2D eigenvalue weighted by Gasteiger charge is -2.08. The summed E-state index contributed by atoms with van der Waals surface area (Å²) < 4.78 is 27.1. The summed E-state index contributed by atoms with van der Waals surface area (Å²) in [6, 6.07) is 3.72. The molecular weight excluding hydrogens is 296 g/mol. The average Bonchev–Trinajstić information content (AvgIpc) is 2.81. The van der Waals surface area contributed by atoms with Crippen molar-refractivity contribution in [2.24, 2.45) is 0 Å². The van der Waals surface area contributed by atoms with Gasteiger partial charge in [-0.2, -0.15) is 0 Å². The van der Waals surface area contributed by atoms with Crippen LogP contribution >= 0.6 is 11.3 Å². The van der Waals surface area contributed by atoms with Gasteiger partial charge in [0.15, 0.2) is 0 Å². The Morgan fingerprint density at radius 1 is 1.45 bits per heavy atom. The van der Waals surface area contributed by atoms with Gasteiger partial charge < -0.3 is 5.11 Å². The summed E-state index contributed by atoms with van der Waals surface area (Å²) in [6.07, 6.45) is 3.96. The lowest BCUT2D eigenvalue weighted by molar-refractivity contribution is 0.282. The standard InChI is InChI=1S/C13H16N2O3S2/c1-10-9-19-12(8-16)13(10)20(17,18)15-6-4-11-3-2-5-14-7-11/h2-3,5,7,9,15-16H,4,6,8H2,1H3. The molecule has 2 aromatic heterocycles. The van der Waals surface area contributed by atoms with E-state index in [0.29, 0.717) is 23.4 Å². The van der Waals surface area contributed by atoms with Crippen molar-refractivity contribution in [2.75, 3.05) is 6.54 Å². The van der Waals surface area contributed by atoms with Gasteiger partial charge in [0.1, 0.15) is 4.90 Å². The normalized spacial score (nSPS) is 11.7. The van der Waals surface area contributed by atoms with Gasteiger partial charge in [0, 0.05) is 18.9 Å². The highest BCUT2D eigenvalue weighted by molar-refractivity contribution is 7.89. The monoisotopic (exact) mass is 312 g/mol. The Hall–Kier alpha value is -1.28.